The van der Waals surface area contributed by atoms with Gasteiger partial charge in [-0.1, -0.05) is 5.16 Å². The smallest absolute Gasteiger partial charge is 0.205 e. The third kappa shape index (κ3) is 0.713. The largest absolute Gasteiger partial charge is 0.349 e. The summed E-state index contributed by atoms with van der Waals surface area (Å²) in [6.45, 7) is 0. The average Bonchev–Trinajstić information content (AvgIpc) is 2.35. The highest BCUT2D eigenvalue weighted by Crippen LogP contribution is 2.27. The van der Waals surface area contributed by atoms with E-state index in [0.29, 0.717) is 0 Å². The van der Waals surface area contributed by atoms with Crippen molar-refractivity contribution in [3.63, 3.8) is 0 Å². The van der Waals surface area contributed by atoms with E-state index in [9.17, 15) is 0 Å². The molecule has 0 N–H and O–H groups in total. The molecule has 48 valence electrons. The number of halogens is 1. The van der Waals surface area contributed by atoms with Gasteiger partial charge in [0, 0.05) is 5.56 Å². The lowest BCUT2D eigenvalue weighted by molar-refractivity contribution is 0.389. The van der Waals surface area contributed by atoms with Crippen LogP contribution >= 0.6 is 15.9 Å². The molecule has 0 aliphatic heterocycles. The van der Waals surface area contributed by atoms with Gasteiger partial charge in [-0.3, -0.25) is 0 Å². The first kappa shape index (κ1) is 5.47. The number of hydrogen-bond acceptors (Lipinski definition) is 2. The molecule has 0 atom stereocenters. The molecule has 0 radical (unpaired) electrons. The Labute approximate surface area is 61.4 Å². The van der Waals surface area contributed by atoms with Gasteiger partial charge in [-0.25, -0.2) is 0 Å². The van der Waals surface area contributed by atoms with Crippen LogP contribution in [0.5, 0.6) is 0 Å². The van der Waals surface area contributed by atoms with E-state index in [2.05, 4.69) is 21.1 Å². The molecule has 0 spiro atoms. The maximum Gasteiger partial charge on any atom is 0.205 e. The number of nitrogens with zero attached hydrogens (tertiary/aromatic N) is 1. The van der Waals surface area contributed by atoms with E-state index in [4.69, 9.17) is 4.52 Å². The minimum absolute atomic E-state index is 0.829. The molecular formula is C6H6BrNO. The predicted octanol–water partition coefficient (Wildman–Crippen LogP) is 1.93. The number of rotatable bonds is 0. The van der Waals surface area contributed by atoms with Crippen molar-refractivity contribution >= 4 is 15.9 Å². The first-order chi connectivity index (χ1) is 4.38. The molecule has 1 heterocycles. The van der Waals surface area contributed by atoms with Crippen LogP contribution in [0.25, 0.3) is 0 Å². The van der Waals surface area contributed by atoms with E-state index < -0.39 is 0 Å². The molecule has 2 rings (SSSR count). The fraction of sp³-hybridized carbons (Fsp3) is 0.500. The number of aromatic nitrogens is 1. The van der Waals surface area contributed by atoms with Gasteiger partial charge in [-0.15, -0.1) is 0 Å². The molecule has 9 heavy (non-hydrogen) atoms. The normalized spacial score (nSPS) is 16.1. The summed E-state index contributed by atoms with van der Waals surface area (Å²) in [5, 5.41) is 3.87. The molecule has 0 unspecified atom stereocenters. The lowest BCUT2D eigenvalue weighted by Gasteiger charge is -1.81. The van der Waals surface area contributed by atoms with Gasteiger partial charge >= 0.3 is 0 Å². The van der Waals surface area contributed by atoms with Crippen molar-refractivity contribution in [2.75, 3.05) is 0 Å². The summed E-state index contributed by atoms with van der Waals surface area (Å²) in [5.74, 6) is 0. The van der Waals surface area contributed by atoms with Crippen LogP contribution in [-0.4, -0.2) is 5.16 Å². The van der Waals surface area contributed by atoms with Crippen molar-refractivity contribution < 1.29 is 4.52 Å². The monoisotopic (exact) mass is 187 g/mol. The first-order valence-electron chi connectivity index (χ1n) is 3.01. The van der Waals surface area contributed by atoms with Crippen molar-refractivity contribution in [3.8, 4) is 0 Å². The van der Waals surface area contributed by atoms with Crippen LogP contribution in [0, 0.1) is 0 Å². The van der Waals surface area contributed by atoms with Crippen molar-refractivity contribution in [2.24, 2.45) is 0 Å². The van der Waals surface area contributed by atoms with Crippen LogP contribution in [0.15, 0.2) is 9.19 Å². The standard InChI is InChI=1S/C6H6BrNO/c7-6-4-2-1-3-5(4)8-9-6/h1-3H2. The van der Waals surface area contributed by atoms with Crippen LogP contribution in [0.1, 0.15) is 17.7 Å². The molecule has 1 aromatic heterocycles. The zero-order valence-corrected chi connectivity index (χ0v) is 6.44. The molecule has 2 nitrogen and oxygen atoms in total. The molecule has 0 saturated heterocycles. The quantitative estimate of drug-likeness (QED) is 0.621. The second kappa shape index (κ2) is 1.84. The minimum Gasteiger partial charge on any atom is -0.349 e. The Hall–Kier alpha value is -0.310. The van der Waals surface area contributed by atoms with Crippen LogP contribution in [0.4, 0.5) is 0 Å². The maximum absolute atomic E-state index is 4.90. The SMILES string of the molecule is Brc1onc2c1CCC2. The summed E-state index contributed by atoms with van der Waals surface area (Å²) < 4.78 is 5.73. The van der Waals surface area contributed by atoms with Crippen LogP contribution in [0.2, 0.25) is 0 Å². The van der Waals surface area contributed by atoms with Gasteiger partial charge in [0.2, 0.25) is 4.67 Å². The Morgan fingerprint density at radius 3 is 3.11 bits per heavy atom. The molecule has 0 bridgehead atoms. The molecule has 0 amide bonds. The van der Waals surface area contributed by atoms with Crippen molar-refractivity contribution in [1.82, 2.24) is 5.16 Å². The number of hydrogen-bond donors (Lipinski definition) is 0. The van der Waals surface area contributed by atoms with E-state index >= 15 is 0 Å². The van der Waals surface area contributed by atoms with E-state index in [1.807, 2.05) is 0 Å². The maximum atomic E-state index is 4.90. The van der Waals surface area contributed by atoms with Crippen molar-refractivity contribution in [1.29, 1.82) is 0 Å². The summed E-state index contributed by atoms with van der Waals surface area (Å²) in [4.78, 5) is 0. The first-order valence-corrected chi connectivity index (χ1v) is 3.80. The summed E-state index contributed by atoms with van der Waals surface area (Å²) in [6.07, 6.45) is 3.44. The highest BCUT2D eigenvalue weighted by atomic mass is 79.9. The van der Waals surface area contributed by atoms with Gasteiger partial charge in [0.05, 0.1) is 5.69 Å². The van der Waals surface area contributed by atoms with E-state index in [-0.39, 0.29) is 0 Å². The third-order valence-electron chi connectivity index (χ3n) is 1.66. The van der Waals surface area contributed by atoms with E-state index in [0.717, 1.165) is 23.2 Å². The Morgan fingerprint density at radius 1 is 1.44 bits per heavy atom. The Bertz CT molecular complexity index is 231. The summed E-state index contributed by atoms with van der Waals surface area (Å²) >= 11 is 3.29. The number of fused-ring (bicyclic) bond motifs is 1. The zero-order valence-electron chi connectivity index (χ0n) is 4.85. The highest BCUT2D eigenvalue weighted by Gasteiger charge is 2.18. The zero-order chi connectivity index (χ0) is 6.27. The molecule has 1 aliphatic rings. The second-order valence-electron chi connectivity index (χ2n) is 2.24. The third-order valence-corrected chi connectivity index (χ3v) is 2.29. The average molecular weight is 188 g/mol. The van der Waals surface area contributed by atoms with Gasteiger partial charge < -0.3 is 4.52 Å². The van der Waals surface area contributed by atoms with Gasteiger partial charge in [0.15, 0.2) is 0 Å². The van der Waals surface area contributed by atoms with Crippen LogP contribution in [0.3, 0.4) is 0 Å². The lowest BCUT2D eigenvalue weighted by Crippen LogP contribution is -1.73. The van der Waals surface area contributed by atoms with Crippen molar-refractivity contribution in [2.45, 2.75) is 19.3 Å². The predicted molar refractivity (Wildman–Crippen MR) is 36.2 cm³/mol. The number of aryl methyl sites for hydroxylation is 1. The summed E-state index contributed by atoms with van der Waals surface area (Å²) in [6, 6.07) is 0. The highest BCUT2D eigenvalue weighted by molar-refractivity contribution is 9.10. The van der Waals surface area contributed by atoms with Gasteiger partial charge in [-0.05, 0) is 35.2 Å². The van der Waals surface area contributed by atoms with Crippen molar-refractivity contribution in [3.05, 3.63) is 15.9 Å². The van der Waals surface area contributed by atoms with Crippen LogP contribution in [-0.2, 0) is 12.8 Å². The molecule has 3 heteroatoms. The van der Waals surface area contributed by atoms with E-state index in [1.165, 1.54) is 12.0 Å². The molecule has 1 aromatic rings. The van der Waals surface area contributed by atoms with Gasteiger partial charge in [0.25, 0.3) is 0 Å². The summed E-state index contributed by atoms with van der Waals surface area (Å²) in [5.41, 5.74) is 2.41. The topological polar surface area (TPSA) is 26.0 Å². The molecule has 0 fully saturated rings. The Morgan fingerprint density at radius 2 is 2.33 bits per heavy atom. The summed E-state index contributed by atoms with van der Waals surface area (Å²) in [7, 11) is 0. The molecule has 0 aromatic carbocycles. The van der Waals surface area contributed by atoms with E-state index in [1.54, 1.807) is 0 Å². The lowest BCUT2D eigenvalue weighted by atomic mass is 10.3. The fourth-order valence-corrected chi connectivity index (χ4v) is 1.69. The second-order valence-corrected chi connectivity index (χ2v) is 2.96. The van der Waals surface area contributed by atoms with Gasteiger partial charge in [-0.2, -0.15) is 0 Å². The van der Waals surface area contributed by atoms with Gasteiger partial charge in [0.1, 0.15) is 0 Å². The molecule has 0 saturated carbocycles. The Balaban J connectivity index is 2.56. The molecular weight excluding hydrogens is 182 g/mol. The minimum atomic E-state index is 0.829. The molecule has 1 aliphatic carbocycles. The fourth-order valence-electron chi connectivity index (χ4n) is 1.19. The Kier molecular flexibility index (Phi) is 1.12. The van der Waals surface area contributed by atoms with Crippen LogP contribution < -0.4 is 0 Å².